The Morgan fingerprint density at radius 3 is 2.47 bits per heavy atom. The molecule has 1 aromatic heterocycles. The molecule has 5 nitrogen and oxygen atoms in total. The molecule has 1 heterocycles. The first-order valence-corrected chi connectivity index (χ1v) is 11.4. The van der Waals surface area contributed by atoms with Crippen molar-refractivity contribution in [1.29, 1.82) is 0 Å². The zero-order valence-electron chi connectivity index (χ0n) is 17.2. The third-order valence-corrected chi connectivity index (χ3v) is 6.42. The van der Waals surface area contributed by atoms with E-state index in [0.29, 0.717) is 23.5 Å². The molecule has 0 unspecified atom stereocenters. The second kappa shape index (κ2) is 9.94. The van der Waals surface area contributed by atoms with Crippen molar-refractivity contribution in [3.63, 3.8) is 0 Å². The van der Waals surface area contributed by atoms with E-state index in [2.05, 4.69) is 22.3 Å². The van der Waals surface area contributed by atoms with Crippen LogP contribution in [0, 0.1) is 0 Å². The Morgan fingerprint density at radius 1 is 1.03 bits per heavy atom. The maximum Gasteiger partial charge on any atom is 0.277 e. The Morgan fingerprint density at radius 2 is 1.77 bits per heavy atom. The highest BCUT2D eigenvalue weighted by Crippen LogP contribution is 2.32. The van der Waals surface area contributed by atoms with Gasteiger partial charge in [-0.3, -0.25) is 4.79 Å². The zero-order valence-corrected chi connectivity index (χ0v) is 18.0. The fourth-order valence-corrected chi connectivity index (χ4v) is 4.55. The minimum absolute atomic E-state index is 0.0742. The van der Waals surface area contributed by atoms with Gasteiger partial charge in [-0.05, 0) is 42.0 Å². The molecule has 0 spiro atoms. The third kappa shape index (κ3) is 5.30. The van der Waals surface area contributed by atoms with Gasteiger partial charge in [0.15, 0.2) is 5.78 Å². The smallest absolute Gasteiger partial charge is 0.277 e. The van der Waals surface area contributed by atoms with Gasteiger partial charge in [-0.1, -0.05) is 67.4 Å². The van der Waals surface area contributed by atoms with Crippen LogP contribution in [-0.2, 0) is 6.42 Å². The molecule has 1 aliphatic rings. The molecule has 0 radical (unpaired) electrons. The number of Topliss-reactive ketones (excluding diaryl/α,β-unsaturated/α-hetero) is 1. The molecule has 1 saturated carbocycles. The minimum atomic E-state index is 0.0742. The van der Waals surface area contributed by atoms with Crippen LogP contribution >= 0.6 is 11.8 Å². The average Bonchev–Trinajstić information content (AvgIpc) is 3.26. The fraction of sp³-hybridized carbons (Fsp3) is 0.375. The van der Waals surface area contributed by atoms with Crippen molar-refractivity contribution in [3.8, 4) is 5.75 Å². The zero-order chi connectivity index (χ0) is 20.8. The molecule has 4 rings (SSSR count). The first-order valence-electron chi connectivity index (χ1n) is 10.4. The maximum absolute atomic E-state index is 12.5. The van der Waals surface area contributed by atoms with Gasteiger partial charge >= 0.3 is 0 Å². The van der Waals surface area contributed by atoms with E-state index < -0.39 is 0 Å². The van der Waals surface area contributed by atoms with Crippen LogP contribution in [0.15, 0.2) is 58.2 Å². The van der Waals surface area contributed by atoms with Crippen molar-refractivity contribution >= 4 is 17.5 Å². The molecule has 3 aromatic rings. The fourth-order valence-electron chi connectivity index (χ4n) is 3.87. The van der Waals surface area contributed by atoms with Crippen LogP contribution in [0.25, 0.3) is 0 Å². The van der Waals surface area contributed by atoms with Crippen LogP contribution in [0.4, 0.5) is 0 Å². The number of benzene rings is 2. The van der Waals surface area contributed by atoms with E-state index in [1.165, 1.54) is 49.4 Å². The Balaban J connectivity index is 1.29. The van der Waals surface area contributed by atoms with Crippen LogP contribution in [0.3, 0.4) is 0 Å². The molecule has 0 atom stereocenters. The first-order chi connectivity index (χ1) is 14.7. The summed E-state index contributed by atoms with van der Waals surface area (Å²) in [7, 11) is 1.64. The number of carbonyl (C=O) groups is 1. The van der Waals surface area contributed by atoms with Crippen LogP contribution in [0.1, 0.15) is 65.4 Å². The molecule has 0 N–H and O–H groups in total. The molecule has 1 aliphatic carbocycles. The summed E-state index contributed by atoms with van der Waals surface area (Å²) < 4.78 is 10.9. The van der Waals surface area contributed by atoms with E-state index >= 15 is 0 Å². The molecule has 0 bridgehead atoms. The topological polar surface area (TPSA) is 65.2 Å². The van der Waals surface area contributed by atoms with Gasteiger partial charge in [0.1, 0.15) is 5.75 Å². The molecular weight excluding hydrogens is 396 g/mol. The Hall–Kier alpha value is -2.60. The predicted molar refractivity (Wildman–Crippen MR) is 117 cm³/mol. The van der Waals surface area contributed by atoms with Crippen molar-refractivity contribution in [2.75, 3.05) is 12.9 Å². The minimum Gasteiger partial charge on any atom is -0.497 e. The Bertz CT molecular complexity index is 961. The highest BCUT2D eigenvalue weighted by Gasteiger charge is 2.16. The van der Waals surface area contributed by atoms with Gasteiger partial charge in [-0.25, -0.2) is 0 Å². The van der Waals surface area contributed by atoms with E-state index in [9.17, 15) is 4.79 Å². The summed E-state index contributed by atoms with van der Waals surface area (Å²) in [5, 5.41) is 8.57. The van der Waals surface area contributed by atoms with Crippen molar-refractivity contribution in [2.24, 2.45) is 0 Å². The molecule has 6 heteroatoms. The van der Waals surface area contributed by atoms with Gasteiger partial charge in [-0.2, -0.15) is 0 Å². The number of thioether (sulfide) groups is 1. The summed E-state index contributed by atoms with van der Waals surface area (Å²) in [6.45, 7) is 0. The second-order valence-corrected chi connectivity index (χ2v) is 8.58. The monoisotopic (exact) mass is 422 g/mol. The largest absolute Gasteiger partial charge is 0.497 e. The van der Waals surface area contributed by atoms with Gasteiger partial charge in [-0.15, -0.1) is 10.2 Å². The summed E-state index contributed by atoms with van der Waals surface area (Å²) >= 11 is 1.28. The molecule has 2 aromatic carbocycles. The van der Waals surface area contributed by atoms with Crippen LogP contribution in [0.5, 0.6) is 5.75 Å². The number of carbonyl (C=O) groups excluding carboxylic acids is 1. The van der Waals surface area contributed by atoms with Crippen LogP contribution in [0.2, 0.25) is 0 Å². The first kappa shape index (κ1) is 20.7. The standard InChI is InChI=1S/C24H26N2O3S/c1-28-21-13-7-17(8-14-21)15-23-25-26-24(29-23)30-16-22(27)20-11-9-19(10-12-20)18-5-3-2-4-6-18/h7-14,18H,2-6,15-16H2,1H3. The van der Waals surface area contributed by atoms with E-state index in [1.807, 2.05) is 36.4 Å². The Kier molecular flexibility index (Phi) is 6.84. The lowest BCUT2D eigenvalue weighted by molar-refractivity contribution is 0.102. The molecule has 30 heavy (non-hydrogen) atoms. The van der Waals surface area contributed by atoms with E-state index in [-0.39, 0.29) is 11.5 Å². The van der Waals surface area contributed by atoms with Crippen molar-refractivity contribution in [1.82, 2.24) is 10.2 Å². The molecule has 0 aliphatic heterocycles. The number of rotatable bonds is 8. The van der Waals surface area contributed by atoms with Gasteiger partial charge in [0.05, 0.1) is 19.3 Å². The Labute approximate surface area is 181 Å². The van der Waals surface area contributed by atoms with Crippen molar-refractivity contribution < 1.29 is 13.9 Å². The second-order valence-electron chi connectivity index (χ2n) is 7.66. The average molecular weight is 423 g/mol. The predicted octanol–water partition coefficient (Wildman–Crippen LogP) is 5.69. The van der Waals surface area contributed by atoms with Gasteiger partial charge in [0, 0.05) is 5.56 Å². The van der Waals surface area contributed by atoms with E-state index in [4.69, 9.17) is 9.15 Å². The highest BCUT2D eigenvalue weighted by atomic mass is 32.2. The summed E-state index contributed by atoms with van der Waals surface area (Å²) in [5.41, 5.74) is 3.16. The molecule has 0 saturated heterocycles. The van der Waals surface area contributed by atoms with Crippen molar-refractivity contribution in [3.05, 3.63) is 71.1 Å². The van der Waals surface area contributed by atoms with Gasteiger partial charge < -0.3 is 9.15 Å². The number of aromatic nitrogens is 2. The lowest BCUT2D eigenvalue weighted by Gasteiger charge is -2.22. The van der Waals surface area contributed by atoms with Crippen molar-refractivity contribution in [2.45, 2.75) is 49.7 Å². The highest BCUT2D eigenvalue weighted by molar-refractivity contribution is 7.99. The number of ketones is 1. The van der Waals surface area contributed by atoms with E-state index in [1.54, 1.807) is 7.11 Å². The number of ether oxygens (including phenoxy) is 1. The number of hydrogen-bond acceptors (Lipinski definition) is 6. The number of hydrogen-bond donors (Lipinski definition) is 0. The lowest BCUT2D eigenvalue weighted by atomic mass is 9.84. The summed E-state index contributed by atoms with van der Waals surface area (Å²) in [6, 6.07) is 15.9. The lowest BCUT2D eigenvalue weighted by Crippen LogP contribution is -2.06. The van der Waals surface area contributed by atoms with Crippen LogP contribution in [-0.4, -0.2) is 28.8 Å². The normalized spacial score (nSPS) is 14.6. The summed E-state index contributed by atoms with van der Waals surface area (Å²) in [4.78, 5) is 12.5. The maximum atomic E-state index is 12.5. The third-order valence-electron chi connectivity index (χ3n) is 5.60. The van der Waals surface area contributed by atoms with Gasteiger partial charge in [0.2, 0.25) is 5.89 Å². The molecule has 1 fully saturated rings. The van der Waals surface area contributed by atoms with Gasteiger partial charge in [0.25, 0.3) is 5.22 Å². The quantitative estimate of drug-likeness (QED) is 0.343. The molecule has 0 amide bonds. The number of methoxy groups -OCH3 is 1. The SMILES string of the molecule is COc1ccc(Cc2nnc(SCC(=O)c3ccc(C4CCCCC4)cc3)o2)cc1. The summed E-state index contributed by atoms with van der Waals surface area (Å²) in [5.74, 6) is 2.36. The number of nitrogens with zero attached hydrogens (tertiary/aromatic N) is 2. The summed E-state index contributed by atoms with van der Waals surface area (Å²) in [6.07, 6.45) is 7.05. The van der Waals surface area contributed by atoms with Crippen LogP contribution < -0.4 is 4.74 Å². The molecule has 156 valence electrons. The molecular formula is C24H26N2O3S. The van der Waals surface area contributed by atoms with E-state index in [0.717, 1.165) is 16.9 Å².